The van der Waals surface area contributed by atoms with Crippen LogP contribution < -0.4 is 5.32 Å². The second-order valence-electron chi connectivity index (χ2n) is 4.31. The summed E-state index contributed by atoms with van der Waals surface area (Å²) >= 11 is 6.11. The molecule has 0 heterocycles. The van der Waals surface area contributed by atoms with Crippen LogP contribution in [-0.4, -0.2) is 31.4 Å². The highest BCUT2D eigenvalue weighted by molar-refractivity contribution is 6.31. The molecule has 0 saturated heterocycles. The van der Waals surface area contributed by atoms with Gasteiger partial charge in [0.25, 0.3) is 0 Å². The Morgan fingerprint density at radius 3 is 2.71 bits per heavy atom. The molecule has 0 saturated carbocycles. The summed E-state index contributed by atoms with van der Waals surface area (Å²) in [4.78, 5) is 12.9. The monoisotopic (exact) mass is 254 g/mol. The highest BCUT2D eigenvalue weighted by Gasteiger charge is 2.03. The van der Waals surface area contributed by atoms with Gasteiger partial charge < -0.3 is 10.2 Å². The zero-order valence-corrected chi connectivity index (χ0v) is 11.3. The number of hydrogen-bond donors (Lipinski definition) is 1. The van der Waals surface area contributed by atoms with Crippen LogP contribution in [0.2, 0.25) is 5.02 Å². The van der Waals surface area contributed by atoms with Crippen LogP contribution in [0.1, 0.15) is 17.5 Å². The zero-order valence-electron chi connectivity index (χ0n) is 10.6. The summed E-state index contributed by atoms with van der Waals surface area (Å²) in [5, 5.41) is 3.99. The number of nitrogens with zero attached hydrogens (tertiary/aromatic N) is 1. The van der Waals surface area contributed by atoms with E-state index in [0.29, 0.717) is 19.5 Å². The molecule has 1 aromatic carbocycles. The molecule has 94 valence electrons. The summed E-state index contributed by atoms with van der Waals surface area (Å²) in [6.07, 6.45) is 0.510. The van der Waals surface area contributed by atoms with Crippen molar-refractivity contribution in [2.45, 2.75) is 19.9 Å². The Labute approximate surface area is 108 Å². The lowest BCUT2D eigenvalue weighted by atomic mass is 10.1. The van der Waals surface area contributed by atoms with Gasteiger partial charge in [0.1, 0.15) is 0 Å². The molecule has 0 bridgehead atoms. The van der Waals surface area contributed by atoms with Gasteiger partial charge in [0, 0.05) is 38.6 Å². The van der Waals surface area contributed by atoms with Crippen molar-refractivity contribution in [1.29, 1.82) is 0 Å². The molecule has 0 aromatic heterocycles. The Bertz CT molecular complexity index is 391. The van der Waals surface area contributed by atoms with Crippen molar-refractivity contribution >= 4 is 17.5 Å². The van der Waals surface area contributed by atoms with Crippen LogP contribution in [-0.2, 0) is 11.3 Å². The van der Waals surface area contributed by atoms with E-state index in [4.69, 9.17) is 11.6 Å². The van der Waals surface area contributed by atoms with Crippen LogP contribution in [0.25, 0.3) is 0 Å². The number of aryl methyl sites for hydroxylation is 1. The summed E-state index contributed by atoms with van der Waals surface area (Å²) in [5.41, 5.74) is 2.22. The number of benzene rings is 1. The molecule has 17 heavy (non-hydrogen) atoms. The molecule has 1 aromatic rings. The maximum atomic E-state index is 11.3. The average Bonchev–Trinajstić information content (AvgIpc) is 2.26. The number of carbonyl (C=O) groups excluding carboxylic acids is 1. The first-order valence-corrected chi connectivity index (χ1v) is 6.04. The number of carbonyl (C=O) groups is 1. The highest BCUT2D eigenvalue weighted by Crippen LogP contribution is 2.17. The summed E-state index contributed by atoms with van der Waals surface area (Å²) < 4.78 is 0. The molecule has 3 nitrogen and oxygen atoms in total. The van der Waals surface area contributed by atoms with Gasteiger partial charge in [0.05, 0.1) is 0 Å². The Balaban J connectivity index is 2.34. The van der Waals surface area contributed by atoms with E-state index in [0.717, 1.165) is 16.1 Å². The minimum Gasteiger partial charge on any atom is -0.349 e. The largest absolute Gasteiger partial charge is 0.349 e. The van der Waals surface area contributed by atoms with E-state index in [1.807, 2.05) is 25.1 Å². The van der Waals surface area contributed by atoms with Crippen molar-refractivity contribution in [3.05, 3.63) is 34.3 Å². The van der Waals surface area contributed by atoms with Crippen LogP contribution in [0.4, 0.5) is 0 Å². The standard InChI is InChI=1S/C13H19ClN2O/c1-10-4-5-11(12(14)8-10)9-15-7-6-13(17)16(2)3/h4-5,8,15H,6-7,9H2,1-3H3. The Morgan fingerprint density at radius 1 is 1.41 bits per heavy atom. The fourth-order valence-corrected chi connectivity index (χ4v) is 1.74. The van der Waals surface area contributed by atoms with E-state index in [9.17, 15) is 4.79 Å². The second kappa shape index (κ2) is 6.62. The third-order valence-electron chi connectivity index (χ3n) is 2.54. The van der Waals surface area contributed by atoms with Crippen molar-refractivity contribution in [3.63, 3.8) is 0 Å². The lowest BCUT2D eigenvalue weighted by Gasteiger charge is -2.11. The predicted molar refractivity (Wildman–Crippen MR) is 71.2 cm³/mol. The summed E-state index contributed by atoms with van der Waals surface area (Å²) in [7, 11) is 3.53. The van der Waals surface area contributed by atoms with Crippen LogP contribution in [0.5, 0.6) is 0 Å². The highest BCUT2D eigenvalue weighted by atomic mass is 35.5. The maximum Gasteiger partial charge on any atom is 0.223 e. The summed E-state index contributed by atoms with van der Waals surface area (Å²) in [6, 6.07) is 6.00. The first-order valence-electron chi connectivity index (χ1n) is 5.66. The predicted octanol–water partition coefficient (Wildman–Crippen LogP) is 2.22. The minimum atomic E-state index is 0.132. The van der Waals surface area contributed by atoms with E-state index in [1.165, 1.54) is 0 Å². The molecule has 0 aliphatic heterocycles. The molecule has 0 unspecified atom stereocenters. The molecular formula is C13H19ClN2O. The molecule has 4 heteroatoms. The van der Waals surface area contributed by atoms with Crippen molar-refractivity contribution in [1.82, 2.24) is 10.2 Å². The first-order chi connectivity index (χ1) is 8.00. The number of rotatable bonds is 5. The average molecular weight is 255 g/mol. The fraction of sp³-hybridized carbons (Fsp3) is 0.462. The van der Waals surface area contributed by atoms with Gasteiger partial charge in [0.15, 0.2) is 0 Å². The van der Waals surface area contributed by atoms with E-state index < -0.39 is 0 Å². The maximum absolute atomic E-state index is 11.3. The summed E-state index contributed by atoms with van der Waals surface area (Å²) in [6.45, 7) is 3.37. The van der Waals surface area contributed by atoms with Gasteiger partial charge in [-0.05, 0) is 24.1 Å². The van der Waals surface area contributed by atoms with Crippen LogP contribution in [0.15, 0.2) is 18.2 Å². The molecule has 0 atom stereocenters. The number of nitrogens with one attached hydrogen (secondary N) is 1. The lowest BCUT2D eigenvalue weighted by molar-refractivity contribution is -0.128. The first kappa shape index (κ1) is 14.0. The van der Waals surface area contributed by atoms with Gasteiger partial charge in [-0.2, -0.15) is 0 Å². The lowest BCUT2D eigenvalue weighted by Crippen LogP contribution is -2.26. The normalized spacial score (nSPS) is 10.4. The molecule has 1 amide bonds. The van der Waals surface area contributed by atoms with Gasteiger partial charge in [0.2, 0.25) is 5.91 Å². The van der Waals surface area contributed by atoms with Gasteiger partial charge in [-0.3, -0.25) is 4.79 Å². The number of hydrogen-bond acceptors (Lipinski definition) is 2. The zero-order chi connectivity index (χ0) is 12.8. The van der Waals surface area contributed by atoms with E-state index in [2.05, 4.69) is 5.32 Å². The number of halogens is 1. The molecule has 1 N–H and O–H groups in total. The quantitative estimate of drug-likeness (QED) is 0.818. The Morgan fingerprint density at radius 2 is 2.12 bits per heavy atom. The second-order valence-corrected chi connectivity index (χ2v) is 4.72. The van der Waals surface area contributed by atoms with Gasteiger partial charge in [-0.25, -0.2) is 0 Å². The van der Waals surface area contributed by atoms with Crippen LogP contribution >= 0.6 is 11.6 Å². The molecular weight excluding hydrogens is 236 g/mol. The molecule has 0 aliphatic carbocycles. The van der Waals surface area contributed by atoms with Crippen LogP contribution in [0.3, 0.4) is 0 Å². The molecule has 0 fully saturated rings. The van der Waals surface area contributed by atoms with Crippen molar-refractivity contribution in [3.8, 4) is 0 Å². The number of amides is 1. The van der Waals surface area contributed by atoms with Gasteiger partial charge >= 0.3 is 0 Å². The summed E-state index contributed by atoms with van der Waals surface area (Å²) in [5.74, 6) is 0.132. The van der Waals surface area contributed by atoms with E-state index in [1.54, 1.807) is 19.0 Å². The SMILES string of the molecule is Cc1ccc(CNCCC(=O)N(C)C)c(Cl)c1. The van der Waals surface area contributed by atoms with Crippen molar-refractivity contribution in [2.75, 3.05) is 20.6 Å². The molecule has 0 aliphatic rings. The van der Waals surface area contributed by atoms with Gasteiger partial charge in [-0.1, -0.05) is 23.7 Å². The smallest absolute Gasteiger partial charge is 0.223 e. The molecule has 0 spiro atoms. The van der Waals surface area contributed by atoms with Crippen LogP contribution in [0, 0.1) is 6.92 Å². The third kappa shape index (κ3) is 4.75. The molecule has 0 radical (unpaired) electrons. The van der Waals surface area contributed by atoms with Crippen molar-refractivity contribution < 1.29 is 4.79 Å². The topological polar surface area (TPSA) is 32.3 Å². The van der Waals surface area contributed by atoms with E-state index in [-0.39, 0.29) is 5.91 Å². The Kier molecular flexibility index (Phi) is 5.45. The van der Waals surface area contributed by atoms with E-state index >= 15 is 0 Å². The Hall–Kier alpha value is -1.06. The minimum absolute atomic E-state index is 0.132. The molecule has 1 rings (SSSR count). The third-order valence-corrected chi connectivity index (χ3v) is 2.89. The van der Waals surface area contributed by atoms with Gasteiger partial charge in [-0.15, -0.1) is 0 Å². The fourth-order valence-electron chi connectivity index (χ4n) is 1.44. The van der Waals surface area contributed by atoms with Crippen molar-refractivity contribution in [2.24, 2.45) is 0 Å².